The molecule has 0 spiro atoms. The molecule has 0 saturated carbocycles. The standard InChI is InChI=1S/C10H11FO/c1-2-3-10(12)8-4-6-9(11)7-5-8/h2,4-7,10,12H,1,3H2. The lowest BCUT2D eigenvalue weighted by molar-refractivity contribution is 0.181. The van der Waals surface area contributed by atoms with E-state index in [4.69, 9.17) is 0 Å². The molecule has 12 heavy (non-hydrogen) atoms. The van der Waals surface area contributed by atoms with Crippen molar-refractivity contribution in [1.82, 2.24) is 0 Å². The third-order valence-electron chi connectivity index (χ3n) is 1.64. The van der Waals surface area contributed by atoms with Crippen molar-refractivity contribution < 1.29 is 9.50 Å². The summed E-state index contributed by atoms with van der Waals surface area (Å²) in [4.78, 5) is 0. The summed E-state index contributed by atoms with van der Waals surface area (Å²) in [6.45, 7) is 3.51. The molecule has 0 saturated heterocycles. The second-order valence-electron chi connectivity index (χ2n) is 2.59. The molecule has 0 aliphatic carbocycles. The molecule has 1 aromatic rings. The molecule has 1 atom stereocenters. The van der Waals surface area contributed by atoms with Gasteiger partial charge in [0.2, 0.25) is 0 Å². The molecule has 1 nitrogen and oxygen atoms in total. The Labute approximate surface area is 71.2 Å². The maximum absolute atomic E-state index is 12.4. The van der Waals surface area contributed by atoms with Crippen molar-refractivity contribution in [3.05, 3.63) is 48.3 Å². The van der Waals surface area contributed by atoms with Crippen molar-refractivity contribution in [3.63, 3.8) is 0 Å². The molecular weight excluding hydrogens is 155 g/mol. The minimum absolute atomic E-state index is 0.287. The van der Waals surface area contributed by atoms with Crippen LogP contribution in [0.25, 0.3) is 0 Å². The van der Waals surface area contributed by atoms with Gasteiger partial charge in [0.15, 0.2) is 0 Å². The van der Waals surface area contributed by atoms with Crippen molar-refractivity contribution in [2.75, 3.05) is 0 Å². The Hall–Kier alpha value is -1.15. The first-order valence-corrected chi connectivity index (χ1v) is 3.78. The summed E-state index contributed by atoms with van der Waals surface area (Å²) in [5, 5.41) is 9.42. The van der Waals surface area contributed by atoms with Gasteiger partial charge in [0.25, 0.3) is 0 Å². The van der Waals surface area contributed by atoms with E-state index >= 15 is 0 Å². The largest absolute Gasteiger partial charge is 0.388 e. The molecule has 1 N–H and O–H groups in total. The SMILES string of the molecule is C=CCC(O)c1ccc(F)cc1. The molecule has 0 radical (unpaired) electrons. The van der Waals surface area contributed by atoms with Crippen LogP contribution in [0.15, 0.2) is 36.9 Å². The lowest BCUT2D eigenvalue weighted by Crippen LogP contribution is -1.94. The summed E-state index contributed by atoms with van der Waals surface area (Å²) < 4.78 is 12.4. The van der Waals surface area contributed by atoms with Crippen molar-refractivity contribution in [3.8, 4) is 0 Å². The molecule has 0 heterocycles. The van der Waals surface area contributed by atoms with Crippen LogP contribution in [0, 0.1) is 5.82 Å². The topological polar surface area (TPSA) is 20.2 Å². The van der Waals surface area contributed by atoms with Gasteiger partial charge in [0.05, 0.1) is 6.10 Å². The fourth-order valence-electron chi connectivity index (χ4n) is 0.979. The second-order valence-corrected chi connectivity index (χ2v) is 2.59. The highest BCUT2D eigenvalue weighted by molar-refractivity contribution is 5.18. The van der Waals surface area contributed by atoms with Crippen LogP contribution < -0.4 is 0 Å². The minimum atomic E-state index is -0.567. The molecule has 1 rings (SSSR count). The second kappa shape index (κ2) is 4.02. The average Bonchev–Trinajstić information content (AvgIpc) is 2.06. The van der Waals surface area contributed by atoms with E-state index in [0.29, 0.717) is 6.42 Å². The van der Waals surface area contributed by atoms with Crippen LogP contribution in [0.4, 0.5) is 4.39 Å². The summed E-state index contributed by atoms with van der Waals surface area (Å²) in [6.07, 6.45) is 1.56. The molecule has 1 aromatic carbocycles. The smallest absolute Gasteiger partial charge is 0.123 e. The van der Waals surface area contributed by atoms with Gasteiger partial charge in [-0.3, -0.25) is 0 Å². The van der Waals surface area contributed by atoms with Gasteiger partial charge >= 0.3 is 0 Å². The van der Waals surface area contributed by atoms with Crippen molar-refractivity contribution in [1.29, 1.82) is 0 Å². The first-order valence-electron chi connectivity index (χ1n) is 3.78. The number of aliphatic hydroxyl groups is 1. The summed E-state index contributed by atoms with van der Waals surface area (Å²) >= 11 is 0. The van der Waals surface area contributed by atoms with Gasteiger partial charge in [0.1, 0.15) is 5.82 Å². The van der Waals surface area contributed by atoms with E-state index in [1.54, 1.807) is 18.2 Å². The zero-order chi connectivity index (χ0) is 8.97. The van der Waals surface area contributed by atoms with Crippen LogP contribution in [-0.2, 0) is 0 Å². The fourth-order valence-corrected chi connectivity index (χ4v) is 0.979. The normalized spacial score (nSPS) is 12.5. The minimum Gasteiger partial charge on any atom is -0.388 e. The van der Waals surface area contributed by atoms with Crippen LogP contribution in [0.3, 0.4) is 0 Å². The monoisotopic (exact) mass is 166 g/mol. The number of hydrogen-bond acceptors (Lipinski definition) is 1. The maximum atomic E-state index is 12.4. The number of rotatable bonds is 3. The number of halogens is 1. The van der Waals surface area contributed by atoms with E-state index in [1.165, 1.54) is 12.1 Å². The van der Waals surface area contributed by atoms with E-state index < -0.39 is 6.10 Å². The van der Waals surface area contributed by atoms with Crippen LogP contribution in [-0.4, -0.2) is 5.11 Å². The van der Waals surface area contributed by atoms with Gasteiger partial charge < -0.3 is 5.11 Å². The predicted molar refractivity (Wildman–Crippen MR) is 46.2 cm³/mol. The Morgan fingerprint density at radius 1 is 1.42 bits per heavy atom. The average molecular weight is 166 g/mol. The quantitative estimate of drug-likeness (QED) is 0.684. The molecule has 0 fully saturated rings. The van der Waals surface area contributed by atoms with Crippen molar-refractivity contribution in [2.24, 2.45) is 0 Å². The first-order chi connectivity index (χ1) is 5.74. The van der Waals surface area contributed by atoms with Crippen molar-refractivity contribution in [2.45, 2.75) is 12.5 Å². The fraction of sp³-hybridized carbons (Fsp3) is 0.200. The zero-order valence-corrected chi connectivity index (χ0v) is 6.70. The van der Waals surface area contributed by atoms with E-state index in [1.807, 2.05) is 0 Å². The first kappa shape index (κ1) is 8.94. The van der Waals surface area contributed by atoms with Crippen molar-refractivity contribution >= 4 is 0 Å². The van der Waals surface area contributed by atoms with Crippen LogP contribution in [0.2, 0.25) is 0 Å². The zero-order valence-electron chi connectivity index (χ0n) is 6.70. The lowest BCUT2D eigenvalue weighted by atomic mass is 10.1. The third kappa shape index (κ3) is 2.17. The van der Waals surface area contributed by atoms with Crippen LogP contribution in [0.1, 0.15) is 18.1 Å². The van der Waals surface area contributed by atoms with Gasteiger partial charge in [-0.05, 0) is 24.1 Å². The molecule has 0 aromatic heterocycles. The Balaban J connectivity index is 2.74. The molecule has 0 aliphatic rings. The van der Waals surface area contributed by atoms with Crippen LogP contribution in [0.5, 0.6) is 0 Å². The van der Waals surface area contributed by atoms with E-state index in [2.05, 4.69) is 6.58 Å². The highest BCUT2D eigenvalue weighted by atomic mass is 19.1. The van der Waals surface area contributed by atoms with E-state index in [-0.39, 0.29) is 5.82 Å². The molecule has 2 heteroatoms. The maximum Gasteiger partial charge on any atom is 0.123 e. The Kier molecular flexibility index (Phi) is 3.00. The van der Waals surface area contributed by atoms with E-state index in [0.717, 1.165) is 5.56 Å². The molecule has 0 amide bonds. The number of hydrogen-bond donors (Lipinski definition) is 1. The molecule has 64 valence electrons. The Bertz CT molecular complexity index is 253. The summed E-state index contributed by atoms with van der Waals surface area (Å²) in [7, 11) is 0. The van der Waals surface area contributed by atoms with Gasteiger partial charge in [-0.2, -0.15) is 0 Å². The van der Waals surface area contributed by atoms with Gasteiger partial charge in [-0.25, -0.2) is 4.39 Å². The van der Waals surface area contributed by atoms with Gasteiger partial charge in [0, 0.05) is 0 Å². The van der Waals surface area contributed by atoms with Gasteiger partial charge in [-0.15, -0.1) is 6.58 Å². The Morgan fingerprint density at radius 2 is 2.00 bits per heavy atom. The lowest BCUT2D eigenvalue weighted by Gasteiger charge is -2.06. The molecule has 0 bridgehead atoms. The van der Waals surface area contributed by atoms with E-state index in [9.17, 15) is 9.50 Å². The highest BCUT2D eigenvalue weighted by Crippen LogP contribution is 2.16. The molecular formula is C10H11FO. The molecule has 0 aliphatic heterocycles. The van der Waals surface area contributed by atoms with Crippen LogP contribution >= 0.6 is 0 Å². The summed E-state index contributed by atoms with van der Waals surface area (Å²) in [6, 6.07) is 5.82. The predicted octanol–water partition coefficient (Wildman–Crippen LogP) is 2.44. The third-order valence-corrected chi connectivity index (χ3v) is 1.64. The summed E-state index contributed by atoms with van der Waals surface area (Å²) in [5.74, 6) is -0.287. The highest BCUT2D eigenvalue weighted by Gasteiger charge is 2.03. The summed E-state index contributed by atoms with van der Waals surface area (Å²) in [5.41, 5.74) is 0.719. The Morgan fingerprint density at radius 3 is 2.50 bits per heavy atom. The number of aliphatic hydroxyl groups excluding tert-OH is 1. The number of benzene rings is 1. The van der Waals surface area contributed by atoms with Gasteiger partial charge in [-0.1, -0.05) is 18.2 Å². The molecule has 1 unspecified atom stereocenters.